The number of rotatable bonds is 3. The Balaban J connectivity index is 1.50. The normalized spacial score (nSPS) is 22.9. The van der Waals surface area contributed by atoms with Crippen LogP contribution in [0, 0.1) is 12.7 Å². The minimum Gasteiger partial charge on any atom is -0.369 e. The Labute approximate surface area is 163 Å². The van der Waals surface area contributed by atoms with Crippen LogP contribution in [0.1, 0.15) is 15.9 Å². The number of benzene rings is 2. The number of amides is 1. The summed E-state index contributed by atoms with van der Waals surface area (Å²) in [6.45, 7) is 2.75. The molecule has 2 fully saturated rings. The van der Waals surface area contributed by atoms with E-state index < -0.39 is 28.0 Å². The highest BCUT2D eigenvalue weighted by Gasteiger charge is 2.41. The molecule has 4 rings (SSSR count). The summed E-state index contributed by atoms with van der Waals surface area (Å²) >= 11 is 0. The quantitative estimate of drug-likeness (QED) is 0.785. The Morgan fingerprint density at radius 3 is 2.36 bits per heavy atom. The van der Waals surface area contributed by atoms with E-state index in [1.807, 2.05) is 13.0 Å². The number of fused-ring (bicyclic) bond motifs is 2. The first-order chi connectivity index (χ1) is 13.3. The average Bonchev–Trinajstić information content (AvgIpc) is 2.66. The van der Waals surface area contributed by atoms with Crippen molar-refractivity contribution in [1.29, 1.82) is 0 Å². The molecule has 0 spiro atoms. The van der Waals surface area contributed by atoms with Crippen LogP contribution in [0.4, 0.5) is 4.39 Å². The van der Waals surface area contributed by atoms with E-state index in [1.165, 1.54) is 22.5 Å². The van der Waals surface area contributed by atoms with Gasteiger partial charge in [-0.25, -0.2) is 12.8 Å². The molecule has 8 heteroatoms. The van der Waals surface area contributed by atoms with Crippen LogP contribution >= 0.6 is 0 Å². The minimum atomic E-state index is -3.62. The zero-order chi connectivity index (χ0) is 19.9. The molecule has 0 saturated carbocycles. The van der Waals surface area contributed by atoms with Crippen LogP contribution in [-0.2, 0) is 14.8 Å². The summed E-state index contributed by atoms with van der Waals surface area (Å²) in [7, 11) is -3.62. The summed E-state index contributed by atoms with van der Waals surface area (Å²) in [4.78, 5) is 14.6. The molecule has 0 unspecified atom stereocenters. The van der Waals surface area contributed by atoms with Gasteiger partial charge in [-0.15, -0.1) is 0 Å². The van der Waals surface area contributed by atoms with Crippen LogP contribution in [0.15, 0.2) is 53.4 Å². The molecule has 2 aliphatic rings. The van der Waals surface area contributed by atoms with Gasteiger partial charge in [-0.05, 0) is 42.8 Å². The van der Waals surface area contributed by atoms with Crippen molar-refractivity contribution >= 4 is 15.9 Å². The van der Waals surface area contributed by atoms with Gasteiger partial charge >= 0.3 is 0 Å². The highest BCUT2D eigenvalue weighted by molar-refractivity contribution is 7.89. The largest absolute Gasteiger partial charge is 0.369 e. The molecule has 0 radical (unpaired) electrons. The molecule has 2 aliphatic heterocycles. The minimum absolute atomic E-state index is 0.180. The number of ether oxygens (including phenoxy) is 1. The maximum atomic E-state index is 13.4. The second-order valence-electron chi connectivity index (χ2n) is 7.24. The number of morpholine rings is 2. The molecule has 2 aromatic carbocycles. The fourth-order valence-corrected chi connectivity index (χ4v) is 5.35. The first kappa shape index (κ1) is 19.0. The molecule has 0 aliphatic carbocycles. The van der Waals surface area contributed by atoms with Gasteiger partial charge in [-0.2, -0.15) is 4.31 Å². The first-order valence-electron chi connectivity index (χ1n) is 9.10. The Kier molecular flexibility index (Phi) is 4.95. The van der Waals surface area contributed by atoms with Gasteiger partial charge < -0.3 is 9.64 Å². The fourth-order valence-electron chi connectivity index (χ4n) is 3.75. The molecule has 2 aromatic rings. The predicted octanol–water partition coefficient (Wildman–Crippen LogP) is 2.05. The lowest BCUT2D eigenvalue weighted by atomic mass is 10.1. The Morgan fingerprint density at radius 2 is 1.71 bits per heavy atom. The van der Waals surface area contributed by atoms with Crippen LogP contribution in [-0.4, -0.2) is 61.9 Å². The molecule has 2 saturated heterocycles. The lowest BCUT2D eigenvalue weighted by molar-refractivity contribution is -0.113. The summed E-state index contributed by atoms with van der Waals surface area (Å²) in [5.41, 5.74) is 1.16. The smallest absolute Gasteiger partial charge is 0.254 e. The number of aryl methyl sites for hydroxylation is 1. The highest BCUT2D eigenvalue weighted by atomic mass is 32.2. The molecule has 2 heterocycles. The van der Waals surface area contributed by atoms with E-state index in [0.29, 0.717) is 0 Å². The summed E-state index contributed by atoms with van der Waals surface area (Å²) in [5.74, 6) is -0.734. The molecule has 2 atom stereocenters. The van der Waals surface area contributed by atoms with Crippen LogP contribution in [0.5, 0.6) is 0 Å². The lowest BCUT2D eigenvalue weighted by Gasteiger charge is -2.45. The predicted molar refractivity (Wildman–Crippen MR) is 101 cm³/mol. The third kappa shape index (κ3) is 3.67. The molecular weight excluding hydrogens is 383 g/mol. The van der Waals surface area contributed by atoms with Crippen molar-refractivity contribution in [2.24, 2.45) is 0 Å². The number of sulfonamides is 1. The number of hydrogen-bond acceptors (Lipinski definition) is 4. The molecule has 148 valence electrons. The van der Waals surface area contributed by atoms with Gasteiger partial charge in [0.15, 0.2) is 0 Å². The maximum Gasteiger partial charge on any atom is 0.254 e. The molecule has 0 aromatic heterocycles. The highest BCUT2D eigenvalue weighted by Crippen LogP contribution is 2.26. The van der Waals surface area contributed by atoms with Crippen molar-refractivity contribution in [3.05, 3.63) is 65.5 Å². The second kappa shape index (κ2) is 7.27. The summed E-state index contributed by atoms with van der Waals surface area (Å²) < 4.78 is 46.7. The summed E-state index contributed by atoms with van der Waals surface area (Å²) in [6.07, 6.45) is -0.825. The van der Waals surface area contributed by atoms with Crippen molar-refractivity contribution in [3.63, 3.8) is 0 Å². The fraction of sp³-hybridized carbons (Fsp3) is 0.350. The van der Waals surface area contributed by atoms with Gasteiger partial charge in [0.05, 0.1) is 17.1 Å². The van der Waals surface area contributed by atoms with Crippen LogP contribution < -0.4 is 0 Å². The van der Waals surface area contributed by atoms with Gasteiger partial charge in [0.1, 0.15) is 5.82 Å². The first-order valence-corrected chi connectivity index (χ1v) is 10.5. The lowest BCUT2D eigenvalue weighted by Crippen LogP contribution is -2.61. The van der Waals surface area contributed by atoms with Gasteiger partial charge in [-0.1, -0.05) is 18.2 Å². The van der Waals surface area contributed by atoms with Crippen molar-refractivity contribution in [1.82, 2.24) is 9.21 Å². The third-order valence-corrected chi connectivity index (χ3v) is 6.86. The summed E-state index contributed by atoms with van der Waals surface area (Å²) in [5, 5.41) is 0. The average molecular weight is 404 g/mol. The summed E-state index contributed by atoms with van der Waals surface area (Å²) in [6, 6.07) is 12.4. The number of carbonyl (C=O) groups is 1. The molecule has 2 bridgehead atoms. The zero-order valence-corrected chi connectivity index (χ0v) is 16.2. The van der Waals surface area contributed by atoms with E-state index >= 15 is 0 Å². The van der Waals surface area contributed by atoms with E-state index in [2.05, 4.69) is 0 Å². The maximum absolute atomic E-state index is 13.4. The van der Waals surface area contributed by atoms with Gasteiger partial charge in [-0.3, -0.25) is 4.79 Å². The van der Waals surface area contributed by atoms with Crippen LogP contribution in [0.25, 0.3) is 0 Å². The number of nitrogens with zero attached hydrogens (tertiary/aromatic N) is 2. The van der Waals surface area contributed by atoms with Crippen molar-refractivity contribution in [3.8, 4) is 0 Å². The SMILES string of the molecule is Cc1cccc(S(=O)(=O)N2C[C@H]3CN(C(=O)c4cccc(F)c4)C[C@@H](C2)O3)c1. The Hall–Kier alpha value is -2.29. The zero-order valence-electron chi connectivity index (χ0n) is 15.4. The Morgan fingerprint density at radius 1 is 1.04 bits per heavy atom. The molecule has 1 amide bonds. The van der Waals surface area contributed by atoms with E-state index in [0.717, 1.165) is 5.56 Å². The van der Waals surface area contributed by atoms with E-state index in [9.17, 15) is 17.6 Å². The topological polar surface area (TPSA) is 66.9 Å². The van der Waals surface area contributed by atoms with Gasteiger partial charge in [0.25, 0.3) is 5.91 Å². The van der Waals surface area contributed by atoms with Crippen molar-refractivity contribution in [2.75, 3.05) is 26.2 Å². The standard InChI is InChI=1S/C20H21FN2O4S/c1-14-4-2-7-19(8-14)28(25,26)23-12-17-10-22(11-18(13-23)27-17)20(24)15-5-3-6-16(21)9-15/h2-9,17-18H,10-13H2,1H3/t17-,18+. The molecule has 28 heavy (non-hydrogen) atoms. The number of carbonyl (C=O) groups excluding carboxylic acids is 1. The molecular formula is C20H21FN2O4S. The number of halogens is 1. The third-order valence-electron chi connectivity index (χ3n) is 5.03. The van der Waals surface area contributed by atoms with Gasteiger partial charge in [0, 0.05) is 31.7 Å². The van der Waals surface area contributed by atoms with Gasteiger partial charge in [0.2, 0.25) is 10.0 Å². The van der Waals surface area contributed by atoms with Crippen molar-refractivity contribution in [2.45, 2.75) is 24.0 Å². The van der Waals surface area contributed by atoms with E-state index in [4.69, 9.17) is 4.74 Å². The van der Waals surface area contributed by atoms with Crippen LogP contribution in [0.3, 0.4) is 0 Å². The monoisotopic (exact) mass is 404 g/mol. The number of hydrogen-bond donors (Lipinski definition) is 0. The molecule has 0 N–H and O–H groups in total. The second-order valence-corrected chi connectivity index (χ2v) is 9.18. The van der Waals surface area contributed by atoms with Crippen LogP contribution in [0.2, 0.25) is 0 Å². The van der Waals surface area contributed by atoms with E-state index in [1.54, 1.807) is 29.2 Å². The Bertz CT molecular complexity index is 997. The van der Waals surface area contributed by atoms with Crippen molar-refractivity contribution < 1.29 is 22.3 Å². The molecule has 6 nitrogen and oxygen atoms in total. The van der Waals surface area contributed by atoms with E-state index in [-0.39, 0.29) is 42.5 Å².